The van der Waals surface area contributed by atoms with Gasteiger partial charge >= 0.3 is 6.92 Å². The molecule has 1 N–H and O–H groups in total. The first kappa shape index (κ1) is 16.7. The van der Waals surface area contributed by atoms with Crippen LogP contribution in [0.3, 0.4) is 0 Å². The molecule has 1 amide bonds. The fourth-order valence-corrected chi connectivity index (χ4v) is 2.93. The number of hydrogen-bond acceptors (Lipinski definition) is 3. The quantitative estimate of drug-likeness (QED) is 0.882. The first-order valence-electron chi connectivity index (χ1n) is 8.29. The fraction of sp³-hybridized carbons (Fsp3) is 0.368. The Morgan fingerprint density at radius 1 is 1.12 bits per heavy atom. The second kappa shape index (κ2) is 6.06. The second-order valence-corrected chi connectivity index (χ2v) is 7.50. The van der Waals surface area contributed by atoms with E-state index in [1.165, 1.54) is 0 Å². The van der Waals surface area contributed by atoms with E-state index in [1.54, 1.807) is 12.3 Å². The third-order valence-corrected chi connectivity index (χ3v) is 5.21. The van der Waals surface area contributed by atoms with E-state index in [0.717, 1.165) is 11.8 Å². The van der Waals surface area contributed by atoms with Crippen LogP contribution in [-0.4, -0.2) is 23.4 Å². The third-order valence-electron chi connectivity index (χ3n) is 5.21. The van der Waals surface area contributed by atoms with Crippen molar-refractivity contribution in [3.63, 3.8) is 0 Å². The maximum absolute atomic E-state index is 12.3. The summed E-state index contributed by atoms with van der Waals surface area (Å²) in [6.07, 6.45) is 2.62. The number of nitrogens with one attached hydrogen (secondary N) is 1. The lowest BCUT2D eigenvalue weighted by Gasteiger charge is -2.34. The van der Waals surface area contributed by atoms with Crippen molar-refractivity contribution in [3.05, 3.63) is 54.2 Å². The molecule has 2 heterocycles. The summed E-state index contributed by atoms with van der Waals surface area (Å²) in [7, 11) is 0. The molecule has 0 unspecified atom stereocenters. The Morgan fingerprint density at radius 3 is 2.38 bits per heavy atom. The van der Waals surface area contributed by atoms with Crippen LogP contribution in [0.1, 0.15) is 38.1 Å². The summed E-state index contributed by atoms with van der Waals surface area (Å²) in [5.41, 5.74) is 1.68. The Hall–Kier alpha value is -2.14. The zero-order valence-corrected chi connectivity index (χ0v) is 14.7. The molecule has 5 heteroatoms. The second-order valence-electron chi connectivity index (χ2n) is 7.50. The van der Waals surface area contributed by atoms with E-state index in [1.807, 2.05) is 36.4 Å². The number of amides is 1. The number of aromatic nitrogens is 1. The summed E-state index contributed by atoms with van der Waals surface area (Å²) >= 11 is 0. The molecular formula is C19H23BN2O2. The summed E-state index contributed by atoms with van der Waals surface area (Å²) in [6, 6.07) is 13.1. The molecule has 1 aliphatic rings. The van der Waals surface area contributed by atoms with Crippen LogP contribution in [0.25, 0.3) is 0 Å². The Bertz CT molecular complexity index is 711. The molecule has 124 valence electrons. The molecule has 1 aromatic heterocycles. The minimum Gasteiger partial charge on any atom is -0.426 e. The minimum absolute atomic E-state index is 0.0721. The van der Waals surface area contributed by atoms with Gasteiger partial charge in [-0.1, -0.05) is 32.0 Å². The van der Waals surface area contributed by atoms with Crippen molar-refractivity contribution in [2.45, 2.75) is 39.6 Å². The maximum Gasteiger partial charge on any atom is 0.327 e. The molecular weight excluding hydrogens is 299 g/mol. The van der Waals surface area contributed by atoms with E-state index < -0.39 is 0 Å². The van der Waals surface area contributed by atoms with Crippen molar-refractivity contribution in [2.24, 2.45) is 5.41 Å². The average Bonchev–Trinajstić information content (AvgIpc) is 2.76. The Morgan fingerprint density at radius 2 is 1.83 bits per heavy atom. The van der Waals surface area contributed by atoms with Crippen molar-refractivity contribution in [2.75, 3.05) is 5.32 Å². The van der Waals surface area contributed by atoms with Crippen LogP contribution in [0, 0.1) is 5.41 Å². The lowest BCUT2D eigenvalue weighted by molar-refractivity contribution is 0.0375. The lowest BCUT2D eigenvalue weighted by Crippen LogP contribution is -2.36. The summed E-state index contributed by atoms with van der Waals surface area (Å²) in [6.45, 7) is 8.83. The van der Waals surface area contributed by atoms with E-state index in [9.17, 15) is 4.79 Å². The topological polar surface area (TPSA) is 51.2 Å². The predicted molar refractivity (Wildman–Crippen MR) is 97.8 cm³/mol. The highest BCUT2D eigenvalue weighted by atomic mass is 16.5. The highest BCUT2D eigenvalue weighted by molar-refractivity contribution is 6.68. The molecule has 0 spiro atoms. The molecule has 24 heavy (non-hydrogen) atoms. The Balaban J connectivity index is 1.71. The number of carbonyl (C=O) groups excluding carboxylic acids is 1. The number of hydrogen-bond donors (Lipinski definition) is 1. The van der Waals surface area contributed by atoms with E-state index in [-0.39, 0.29) is 23.8 Å². The number of rotatable bonds is 3. The molecule has 0 bridgehead atoms. The largest absolute Gasteiger partial charge is 0.426 e. The molecule has 0 aliphatic carbocycles. The number of pyridine rings is 1. The monoisotopic (exact) mass is 322 g/mol. The van der Waals surface area contributed by atoms with E-state index in [2.05, 4.69) is 38.0 Å². The number of carbonyl (C=O) groups is 1. The molecule has 1 saturated heterocycles. The van der Waals surface area contributed by atoms with Crippen molar-refractivity contribution in [1.29, 1.82) is 0 Å². The van der Waals surface area contributed by atoms with Gasteiger partial charge in [-0.25, -0.2) is 4.98 Å². The van der Waals surface area contributed by atoms with E-state index in [4.69, 9.17) is 4.65 Å². The number of nitrogens with zero attached hydrogens (tertiary/aromatic N) is 1. The molecule has 2 aromatic rings. The van der Waals surface area contributed by atoms with Gasteiger partial charge in [-0.15, -0.1) is 0 Å². The fourth-order valence-electron chi connectivity index (χ4n) is 2.93. The smallest absolute Gasteiger partial charge is 0.327 e. The van der Waals surface area contributed by atoms with E-state index in [0.29, 0.717) is 11.4 Å². The zero-order chi connectivity index (χ0) is 17.4. The normalized spacial score (nSPS) is 18.4. The van der Waals surface area contributed by atoms with Gasteiger partial charge in [0, 0.05) is 11.8 Å². The summed E-state index contributed by atoms with van der Waals surface area (Å²) < 4.78 is 6.24. The molecule has 0 atom stereocenters. The van der Waals surface area contributed by atoms with Crippen molar-refractivity contribution in [3.8, 4) is 0 Å². The van der Waals surface area contributed by atoms with Crippen molar-refractivity contribution >= 4 is 24.1 Å². The number of anilines is 1. The van der Waals surface area contributed by atoms with Crippen LogP contribution in [0.15, 0.2) is 48.7 Å². The van der Waals surface area contributed by atoms with Gasteiger partial charge in [-0.3, -0.25) is 4.79 Å². The molecule has 1 aromatic carbocycles. The van der Waals surface area contributed by atoms with Gasteiger partial charge in [0.15, 0.2) is 0 Å². The molecule has 1 fully saturated rings. The van der Waals surface area contributed by atoms with Gasteiger partial charge in [0.1, 0.15) is 5.82 Å². The first-order valence-corrected chi connectivity index (χ1v) is 8.29. The molecule has 0 saturated carbocycles. The molecule has 1 aliphatic heterocycles. The molecule has 4 nitrogen and oxygen atoms in total. The van der Waals surface area contributed by atoms with Gasteiger partial charge in [0.05, 0.1) is 5.60 Å². The van der Waals surface area contributed by atoms with Crippen LogP contribution in [0.4, 0.5) is 5.82 Å². The van der Waals surface area contributed by atoms with Crippen molar-refractivity contribution < 1.29 is 9.45 Å². The predicted octanol–water partition coefficient (Wildman–Crippen LogP) is 3.37. The standard InChI is InChI=1S/C19H23BN2O2/c1-18(2)13-20(24-19(18,3)4)15-10-8-14(9-11-15)17(23)22-16-7-5-6-12-21-16/h5-12H,13H2,1-4H3,(H,21,22,23). The van der Waals surface area contributed by atoms with Crippen LogP contribution >= 0.6 is 0 Å². The Kier molecular flexibility index (Phi) is 4.22. The van der Waals surface area contributed by atoms with Gasteiger partial charge < -0.3 is 9.97 Å². The highest BCUT2D eigenvalue weighted by Gasteiger charge is 2.49. The van der Waals surface area contributed by atoms with Crippen LogP contribution in [-0.2, 0) is 4.65 Å². The zero-order valence-electron chi connectivity index (χ0n) is 14.7. The van der Waals surface area contributed by atoms with E-state index >= 15 is 0 Å². The molecule has 3 rings (SSSR count). The third kappa shape index (κ3) is 3.22. The molecule has 0 radical (unpaired) electrons. The number of benzene rings is 1. The first-order chi connectivity index (χ1) is 11.3. The maximum atomic E-state index is 12.3. The van der Waals surface area contributed by atoms with Gasteiger partial charge in [0.25, 0.3) is 5.91 Å². The van der Waals surface area contributed by atoms with Gasteiger partial charge in [0.2, 0.25) is 0 Å². The summed E-state index contributed by atoms with van der Waals surface area (Å²) in [5.74, 6) is 0.391. The van der Waals surface area contributed by atoms with Gasteiger partial charge in [-0.05, 0) is 55.3 Å². The van der Waals surface area contributed by atoms with Crippen LogP contribution in [0.5, 0.6) is 0 Å². The van der Waals surface area contributed by atoms with Crippen LogP contribution in [0.2, 0.25) is 6.32 Å². The van der Waals surface area contributed by atoms with Gasteiger partial charge in [-0.2, -0.15) is 0 Å². The minimum atomic E-state index is -0.160. The average molecular weight is 322 g/mol. The summed E-state index contributed by atoms with van der Waals surface area (Å²) in [5, 5.41) is 2.79. The van der Waals surface area contributed by atoms with Crippen LogP contribution < -0.4 is 10.8 Å². The van der Waals surface area contributed by atoms with Crippen molar-refractivity contribution in [1.82, 2.24) is 4.98 Å². The lowest BCUT2D eigenvalue weighted by atomic mass is 9.54. The Labute approximate surface area is 143 Å². The SMILES string of the molecule is CC1(C)CB(c2ccc(C(=O)Nc3ccccn3)cc2)OC1(C)C. The summed E-state index contributed by atoms with van der Waals surface area (Å²) in [4.78, 5) is 16.4. The highest BCUT2D eigenvalue weighted by Crippen LogP contribution is 2.44.